The van der Waals surface area contributed by atoms with Crippen LogP contribution in [0.3, 0.4) is 0 Å². The molecule has 3 rings (SSSR count). The molecule has 1 aliphatic rings. The Hall–Kier alpha value is -2.14. The van der Waals surface area contributed by atoms with Crippen molar-refractivity contribution in [3.05, 3.63) is 45.7 Å². The first kappa shape index (κ1) is 18.6. The second-order valence-electron chi connectivity index (χ2n) is 8.29. The minimum Gasteiger partial charge on any atom is -0.376 e. The molecule has 1 aromatic heterocycles. The molecule has 1 aliphatic heterocycles. The second-order valence-corrected chi connectivity index (χ2v) is 8.29. The fourth-order valence-electron chi connectivity index (χ4n) is 3.41. The monoisotopic (exact) mass is 356 g/mol. The molecule has 1 atom stereocenters. The lowest BCUT2D eigenvalue weighted by Gasteiger charge is -2.31. The van der Waals surface area contributed by atoms with Gasteiger partial charge in [-0.25, -0.2) is 0 Å². The number of benzene rings is 1. The summed E-state index contributed by atoms with van der Waals surface area (Å²) in [5.74, 6) is 0.0383. The number of ether oxygens (including phenoxy) is 1. The summed E-state index contributed by atoms with van der Waals surface area (Å²) in [6.45, 7) is 9.30. The third kappa shape index (κ3) is 4.15. The van der Waals surface area contributed by atoms with Crippen molar-refractivity contribution >= 4 is 16.8 Å². The summed E-state index contributed by atoms with van der Waals surface area (Å²) < 4.78 is 5.72. The van der Waals surface area contributed by atoms with E-state index in [1.165, 1.54) is 0 Å². The van der Waals surface area contributed by atoms with Crippen molar-refractivity contribution in [3.8, 4) is 0 Å². The predicted molar refractivity (Wildman–Crippen MR) is 103 cm³/mol. The van der Waals surface area contributed by atoms with E-state index in [9.17, 15) is 9.59 Å². The number of pyridine rings is 1. The van der Waals surface area contributed by atoms with Gasteiger partial charge in [0.25, 0.3) is 5.56 Å². The van der Waals surface area contributed by atoms with Crippen LogP contribution < -0.4 is 5.56 Å². The van der Waals surface area contributed by atoms with Crippen molar-refractivity contribution < 1.29 is 9.53 Å². The summed E-state index contributed by atoms with van der Waals surface area (Å²) in [5.41, 5.74) is 1.90. The SMILES string of the molecule is Cc1ccc2cc(CN(C[C@@H]3CCCO3)C(=O)C(C)(C)C)c(=O)[nH]c2c1. The summed E-state index contributed by atoms with van der Waals surface area (Å²) in [7, 11) is 0. The maximum atomic E-state index is 12.9. The van der Waals surface area contributed by atoms with Gasteiger partial charge in [0, 0.05) is 29.6 Å². The average molecular weight is 356 g/mol. The number of aromatic amines is 1. The Morgan fingerprint density at radius 3 is 2.73 bits per heavy atom. The van der Waals surface area contributed by atoms with Gasteiger partial charge in [0.1, 0.15) is 0 Å². The largest absolute Gasteiger partial charge is 0.376 e. The molecule has 1 fully saturated rings. The number of hydrogen-bond donors (Lipinski definition) is 1. The highest BCUT2D eigenvalue weighted by Gasteiger charge is 2.30. The molecule has 140 valence electrons. The van der Waals surface area contributed by atoms with E-state index in [1.54, 1.807) is 4.90 Å². The van der Waals surface area contributed by atoms with Gasteiger partial charge in [-0.1, -0.05) is 32.9 Å². The van der Waals surface area contributed by atoms with Crippen LogP contribution in [0.25, 0.3) is 10.9 Å². The summed E-state index contributed by atoms with van der Waals surface area (Å²) in [6, 6.07) is 7.88. The van der Waals surface area contributed by atoms with Crippen LogP contribution in [0.2, 0.25) is 0 Å². The summed E-state index contributed by atoms with van der Waals surface area (Å²) in [6.07, 6.45) is 2.04. The number of carbonyl (C=O) groups excluding carboxylic acids is 1. The zero-order valence-corrected chi connectivity index (χ0v) is 16.1. The van der Waals surface area contributed by atoms with Crippen LogP contribution in [-0.2, 0) is 16.1 Å². The third-order valence-electron chi connectivity index (χ3n) is 4.82. The minimum atomic E-state index is -0.501. The maximum Gasteiger partial charge on any atom is 0.253 e. The van der Waals surface area contributed by atoms with Gasteiger partial charge in [-0.3, -0.25) is 9.59 Å². The molecule has 26 heavy (non-hydrogen) atoms. The predicted octanol–water partition coefficient (Wildman–Crippen LogP) is 3.39. The zero-order chi connectivity index (χ0) is 18.9. The van der Waals surface area contributed by atoms with Crippen molar-refractivity contribution in [3.63, 3.8) is 0 Å². The lowest BCUT2D eigenvalue weighted by Crippen LogP contribution is -2.43. The van der Waals surface area contributed by atoms with Gasteiger partial charge in [0.2, 0.25) is 5.91 Å². The second kappa shape index (κ2) is 7.23. The number of aryl methyl sites for hydroxylation is 1. The maximum absolute atomic E-state index is 12.9. The number of H-pyrrole nitrogens is 1. The highest BCUT2D eigenvalue weighted by molar-refractivity contribution is 5.82. The van der Waals surface area contributed by atoms with E-state index in [1.807, 2.05) is 52.0 Å². The minimum absolute atomic E-state index is 0.0383. The van der Waals surface area contributed by atoms with Crippen molar-refractivity contribution in [2.45, 2.75) is 53.2 Å². The fraction of sp³-hybridized carbons (Fsp3) is 0.524. The number of carbonyl (C=O) groups is 1. The zero-order valence-electron chi connectivity index (χ0n) is 16.1. The quantitative estimate of drug-likeness (QED) is 0.913. The number of nitrogens with zero attached hydrogens (tertiary/aromatic N) is 1. The van der Waals surface area contributed by atoms with Crippen molar-refractivity contribution in [1.29, 1.82) is 0 Å². The molecule has 2 aromatic rings. The van der Waals surface area contributed by atoms with E-state index in [0.29, 0.717) is 18.7 Å². The van der Waals surface area contributed by atoms with Gasteiger partial charge in [0.15, 0.2) is 0 Å². The van der Waals surface area contributed by atoms with Crippen molar-refractivity contribution in [1.82, 2.24) is 9.88 Å². The molecule has 1 amide bonds. The topological polar surface area (TPSA) is 62.4 Å². The standard InChI is InChI=1S/C21H28N2O3/c1-14-7-8-15-11-16(19(24)22-18(15)10-14)12-23(20(25)21(2,3)4)13-17-6-5-9-26-17/h7-8,10-11,17H,5-6,9,12-13H2,1-4H3,(H,22,24)/t17-/m0/s1. The highest BCUT2D eigenvalue weighted by Crippen LogP contribution is 2.22. The summed E-state index contributed by atoms with van der Waals surface area (Å²) in [4.78, 5) is 30.2. The molecule has 1 N–H and O–H groups in total. The molecule has 1 aromatic carbocycles. The van der Waals surface area contributed by atoms with E-state index >= 15 is 0 Å². The van der Waals surface area contributed by atoms with E-state index in [-0.39, 0.29) is 17.6 Å². The molecule has 0 spiro atoms. The fourth-order valence-corrected chi connectivity index (χ4v) is 3.41. The van der Waals surface area contributed by atoms with Crippen LogP contribution >= 0.6 is 0 Å². The molecule has 0 saturated carbocycles. The Labute approximate surface area is 154 Å². The Kier molecular flexibility index (Phi) is 5.19. The first-order chi connectivity index (χ1) is 12.2. The first-order valence-corrected chi connectivity index (χ1v) is 9.27. The average Bonchev–Trinajstić information content (AvgIpc) is 3.06. The number of fused-ring (bicyclic) bond motifs is 1. The Bertz CT molecular complexity index is 858. The number of nitrogens with one attached hydrogen (secondary N) is 1. The van der Waals surface area contributed by atoms with Gasteiger partial charge in [-0.05, 0) is 42.8 Å². The molecular weight excluding hydrogens is 328 g/mol. The van der Waals surface area contributed by atoms with Gasteiger partial charge in [0.05, 0.1) is 12.6 Å². The number of hydrogen-bond acceptors (Lipinski definition) is 3. The summed E-state index contributed by atoms with van der Waals surface area (Å²) >= 11 is 0. The molecule has 5 nitrogen and oxygen atoms in total. The Balaban J connectivity index is 1.91. The molecule has 1 saturated heterocycles. The van der Waals surface area contributed by atoms with Gasteiger partial charge >= 0.3 is 0 Å². The number of amides is 1. The van der Waals surface area contributed by atoms with Crippen LogP contribution in [-0.4, -0.2) is 35.0 Å². The number of rotatable bonds is 4. The van der Waals surface area contributed by atoms with E-state index in [2.05, 4.69) is 4.98 Å². The highest BCUT2D eigenvalue weighted by atomic mass is 16.5. The smallest absolute Gasteiger partial charge is 0.253 e. The molecule has 2 heterocycles. The van der Waals surface area contributed by atoms with Crippen LogP contribution in [0, 0.1) is 12.3 Å². The van der Waals surface area contributed by atoms with Crippen LogP contribution in [0.1, 0.15) is 44.7 Å². The molecule has 0 bridgehead atoms. The van der Waals surface area contributed by atoms with Gasteiger partial charge in [-0.2, -0.15) is 0 Å². The molecular formula is C21H28N2O3. The first-order valence-electron chi connectivity index (χ1n) is 9.27. The van der Waals surface area contributed by atoms with E-state index in [0.717, 1.165) is 35.9 Å². The number of aromatic nitrogens is 1. The molecule has 5 heteroatoms. The molecule has 0 aliphatic carbocycles. The molecule has 0 radical (unpaired) electrons. The normalized spacial score (nSPS) is 17.6. The van der Waals surface area contributed by atoms with Crippen molar-refractivity contribution in [2.24, 2.45) is 5.41 Å². The van der Waals surface area contributed by atoms with Crippen molar-refractivity contribution in [2.75, 3.05) is 13.2 Å². The van der Waals surface area contributed by atoms with E-state index < -0.39 is 5.41 Å². The van der Waals surface area contributed by atoms with E-state index in [4.69, 9.17) is 4.74 Å². The lowest BCUT2D eigenvalue weighted by molar-refractivity contribution is -0.141. The van der Waals surface area contributed by atoms with Gasteiger partial charge < -0.3 is 14.6 Å². The molecule has 0 unspecified atom stereocenters. The van der Waals surface area contributed by atoms with Gasteiger partial charge in [-0.15, -0.1) is 0 Å². The third-order valence-corrected chi connectivity index (χ3v) is 4.82. The van der Waals surface area contributed by atoms with Crippen LogP contribution in [0.5, 0.6) is 0 Å². The van der Waals surface area contributed by atoms with Crippen LogP contribution in [0.15, 0.2) is 29.1 Å². The van der Waals surface area contributed by atoms with Crippen LogP contribution in [0.4, 0.5) is 0 Å². The Morgan fingerprint density at radius 2 is 2.08 bits per heavy atom. The lowest BCUT2D eigenvalue weighted by atomic mass is 9.94. The Morgan fingerprint density at radius 1 is 1.31 bits per heavy atom. The summed E-state index contributed by atoms with van der Waals surface area (Å²) in [5, 5.41) is 0.977.